The second kappa shape index (κ2) is 8.56. The first-order valence-electron chi connectivity index (χ1n) is 9.13. The second-order valence-electron chi connectivity index (χ2n) is 6.87. The van der Waals surface area contributed by atoms with E-state index in [0.29, 0.717) is 6.10 Å². The summed E-state index contributed by atoms with van der Waals surface area (Å²) in [5, 5.41) is 4.48. The third kappa shape index (κ3) is 4.37. The number of ether oxygens (including phenoxy) is 3. The van der Waals surface area contributed by atoms with Gasteiger partial charge in [-0.3, -0.25) is 9.58 Å². The lowest BCUT2D eigenvalue weighted by molar-refractivity contribution is 0.0675. The fraction of sp³-hybridized carbons (Fsp3) is 0.550. The third-order valence-corrected chi connectivity index (χ3v) is 4.87. The van der Waals surface area contributed by atoms with Crippen LogP contribution in [0.25, 0.3) is 0 Å². The summed E-state index contributed by atoms with van der Waals surface area (Å²) in [6, 6.07) is 6.04. The highest BCUT2D eigenvalue weighted by Crippen LogP contribution is 2.32. The molecule has 0 saturated carbocycles. The number of aromatic nitrogens is 2. The monoisotopic (exact) mass is 359 g/mol. The average Bonchev–Trinajstić information content (AvgIpc) is 3.24. The maximum Gasteiger partial charge on any atom is 0.165 e. The summed E-state index contributed by atoms with van der Waals surface area (Å²) in [4.78, 5) is 2.41. The average molecular weight is 359 g/mol. The van der Waals surface area contributed by atoms with Crippen LogP contribution in [0.4, 0.5) is 0 Å². The predicted octanol–water partition coefficient (Wildman–Crippen LogP) is 2.93. The van der Waals surface area contributed by atoms with Crippen molar-refractivity contribution < 1.29 is 14.2 Å². The van der Waals surface area contributed by atoms with Gasteiger partial charge in [-0.2, -0.15) is 5.10 Å². The Morgan fingerprint density at radius 2 is 2.04 bits per heavy atom. The van der Waals surface area contributed by atoms with E-state index in [2.05, 4.69) is 29.2 Å². The number of methoxy groups -OCH3 is 2. The molecule has 1 unspecified atom stereocenters. The van der Waals surface area contributed by atoms with Gasteiger partial charge < -0.3 is 14.2 Å². The van der Waals surface area contributed by atoms with Gasteiger partial charge in [0.05, 0.1) is 26.0 Å². The van der Waals surface area contributed by atoms with Crippen LogP contribution in [-0.2, 0) is 24.9 Å². The first-order chi connectivity index (χ1) is 12.6. The van der Waals surface area contributed by atoms with Crippen molar-refractivity contribution >= 4 is 0 Å². The summed E-state index contributed by atoms with van der Waals surface area (Å²) in [7, 11) is 5.33. The normalized spacial score (nSPS) is 17.0. The molecule has 1 aliphatic heterocycles. The maximum absolute atomic E-state index is 5.88. The van der Waals surface area contributed by atoms with E-state index in [9.17, 15) is 0 Å². The number of nitrogens with zero attached hydrogens (tertiary/aromatic N) is 3. The molecule has 6 nitrogen and oxygen atoms in total. The Hall–Kier alpha value is -2.05. The first kappa shape index (κ1) is 18.7. The highest BCUT2D eigenvalue weighted by molar-refractivity contribution is 5.46. The predicted molar refractivity (Wildman–Crippen MR) is 101 cm³/mol. The fourth-order valence-electron chi connectivity index (χ4n) is 3.63. The zero-order valence-electron chi connectivity index (χ0n) is 16.2. The van der Waals surface area contributed by atoms with Crippen LogP contribution in [0.5, 0.6) is 11.5 Å². The van der Waals surface area contributed by atoms with Gasteiger partial charge in [-0.05, 0) is 25.8 Å². The fourth-order valence-corrected chi connectivity index (χ4v) is 3.63. The van der Waals surface area contributed by atoms with Crippen molar-refractivity contribution in [2.75, 3.05) is 27.4 Å². The Labute approximate surface area is 155 Å². The molecule has 0 spiro atoms. The molecule has 1 aliphatic rings. The quantitative estimate of drug-likeness (QED) is 0.725. The minimum atomic E-state index is 0.295. The van der Waals surface area contributed by atoms with Gasteiger partial charge in [0.1, 0.15) is 0 Å². The smallest absolute Gasteiger partial charge is 0.165 e. The van der Waals surface area contributed by atoms with E-state index < -0.39 is 0 Å². The highest BCUT2D eigenvalue weighted by atomic mass is 16.5. The van der Waals surface area contributed by atoms with Crippen molar-refractivity contribution in [1.29, 1.82) is 0 Å². The molecule has 0 aliphatic carbocycles. The van der Waals surface area contributed by atoms with Crippen LogP contribution >= 0.6 is 0 Å². The molecule has 1 aromatic heterocycles. The zero-order valence-corrected chi connectivity index (χ0v) is 16.2. The third-order valence-electron chi connectivity index (χ3n) is 4.87. The Kier molecular flexibility index (Phi) is 6.16. The minimum Gasteiger partial charge on any atom is -0.493 e. The van der Waals surface area contributed by atoms with Gasteiger partial charge in [0.25, 0.3) is 0 Å². The molecule has 0 bridgehead atoms. The molecule has 2 heterocycles. The number of aryl methyl sites for hydroxylation is 2. The van der Waals surface area contributed by atoms with E-state index in [0.717, 1.165) is 61.8 Å². The summed E-state index contributed by atoms with van der Waals surface area (Å²) >= 11 is 0. The second-order valence-corrected chi connectivity index (χ2v) is 6.87. The van der Waals surface area contributed by atoms with E-state index in [1.165, 1.54) is 5.56 Å². The Bertz CT molecular complexity index is 723. The van der Waals surface area contributed by atoms with Crippen molar-refractivity contribution in [3.05, 3.63) is 41.2 Å². The standard InChI is InChI=1S/C20H29N3O3/c1-15-17(11-22(2)21-15)13-23(14-18-8-6-10-26-18)12-16-7-5-9-19(24-3)20(16)25-4/h5,7,9,11,18H,6,8,10,12-14H2,1-4H3. The summed E-state index contributed by atoms with van der Waals surface area (Å²) in [6.45, 7) is 5.43. The van der Waals surface area contributed by atoms with Gasteiger partial charge in [0.2, 0.25) is 0 Å². The van der Waals surface area contributed by atoms with Gasteiger partial charge in [-0.25, -0.2) is 0 Å². The molecule has 26 heavy (non-hydrogen) atoms. The van der Waals surface area contributed by atoms with E-state index in [4.69, 9.17) is 14.2 Å². The number of benzene rings is 1. The van der Waals surface area contributed by atoms with Crippen molar-refractivity contribution in [2.24, 2.45) is 7.05 Å². The molecule has 0 N–H and O–H groups in total. The number of para-hydroxylation sites is 1. The highest BCUT2D eigenvalue weighted by Gasteiger charge is 2.22. The van der Waals surface area contributed by atoms with Crippen molar-refractivity contribution in [3.8, 4) is 11.5 Å². The molecular formula is C20H29N3O3. The summed E-state index contributed by atoms with van der Waals surface area (Å²) in [5.41, 5.74) is 3.43. The molecule has 1 atom stereocenters. The van der Waals surface area contributed by atoms with Gasteiger partial charge in [0.15, 0.2) is 11.5 Å². The first-order valence-corrected chi connectivity index (χ1v) is 9.13. The SMILES string of the molecule is COc1cccc(CN(Cc2cn(C)nc2C)CC2CCCO2)c1OC. The van der Waals surface area contributed by atoms with Crippen molar-refractivity contribution in [2.45, 2.75) is 39.0 Å². The van der Waals surface area contributed by atoms with Crippen LogP contribution in [0.15, 0.2) is 24.4 Å². The van der Waals surface area contributed by atoms with Crippen molar-refractivity contribution in [3.63, 3.8) is 0 Å². The lowest BCUT2D eigenvalue weighted by atomic mass is 10.1. The Morgan fingerprint density at radius 1 is 1.23 bits per heavy atom. The molecule has 142 valence electrons. The molecule has 0 amide bonds. The van der Waals surface area contributed by atoms with Crippen LogP contribution < -0.4 is 9.47 Å². The van der Waals surface area contributed by atoms with E-state index in [1.54, 1.807) is 14.2 Å². The number of hydrogen-bond acceptors (Lipinski definition) is 5. The molecule has 6 heteroatoms. The Morgan fingerprint density at radius 3 is 2.65 bits per heavy atom. The largest absolute Gasteiger partial charge is 0.493 e. The molecule has 3 rings (SSSR count). The summed E-state index contributed by atoms with van der Waals surface area (Å²) < 4.78 is 18.8. The molecule has 1 saturated heterocycles. The molecule has 0 radical (unpaired) electrons. The van der Waals surface area contributed by atoms with Gasteiger partial charge in [-0.1, -0.05) is 12.1 Å². The minimum absolute atomic E-state index is 0.295. The summed E-state index contributed by atoms with van der Waals surface area (Å²) in [6.07, 6.45) is 4.66. The van der Waals surface area contributed by atoms with Crippen molar-refractivity contribution in [1.82, 2.24) is 14.7 Å². The van der Waals surface area contributed by atoms with Gasteiger partial charge >= 0.3 is 0 Å². The Balaban J connectivity index is 1.82. The maximum atomic E-state index is 5.88. The van der Waals surface area contributed by atoms with E-state index in [-0.39, 0.29) is 0 Å². The van der Waals surface area contributed by atoms with Gasteiger partial charge in [0, 0.05) is 50.6 Å². The zero-order chi connectivity index (χ0) is 18.5. The van der Waals surface area contributed by atoms with Gasteiger partial charge in [-0.15, -0.1) is 0 Å². The summed E-state index contributed by atoms with van der Waals surface area (Å²) in [5.74, 6) is 1.56. The van der Waals surface area contributed by atoms with Crippen LogP contribution in [0.1, 0.15) is 29.7 Å². The van der Waals surface area contributed by atoms with Crippen LogP contribution in [-0.4, -0.2) is 48.2 Å². The topological polar surface area (TPSA) is 48.8 Å². The lowest BCUT2D eigenvalue weighted by Crippen LogP contribution is -2.31. The van der Waals surface area contributed by atoms with E-state index in [1.807, 2.05) is 23.9 Å². The number of rotatable bonds is 8. The van der Waals surface area contributed by atoms with Crippen LogP contribution in [0.3, 0.4) is 0 Å². The van der Waals surface area contributed by atoms with Crippen LogP contribution in [0.2, 0.25) is 0 Å². The van der Waals surface area contributed by atoms with Crippen LogP contribution in [0, 0.1) is 6.92 Å². The lowest BCUT2D eigenvalue weighted by Gasteiger charge is -2.26. The molecule has 2 aromatic rings. The van der Waals surface area contributed by atoms with E-state index >= 15 is 0 Å². The molecule has 1 aromatic carbocycles. The number of hydrogen-bond donors (Lipinski definition) is 0. The molecular weight excluding hydrogens is 330 g/mol. The molecule has 1 fully saturated rings.